The zero-order chi connectivity index (χ0) is 9.40. The van der Waals surface area contributed by atoms with Crippen LogP contribution >= 0.6 is 0 Å². The summed E-state index contributed by atoms with van der Waals surface area (Å²) in [6, 6.07) is 0. The average Bonchev–Trinajstić information content (AvgIpc) is 2.01. The molecule has 0 bridgehead atoms. The van der Waals surface area contributed by atoms with Crippen LogP contribution in [0.3, 0.4) is 0 Å². The third-order valence-electron chi connectivity index (χ3n) is 1.95. The number of nitrogens with zero attached hydrogens (tertiary/aromatic N) is 1. The molecule has 1 nitrogen and oxygen atoms in total. The van der Waals surface area contributed by atoms with Crippen LogP contribution in [0.1, 0.15) is 33.1 Å². The van der Waals surface area contributed by atoms with Gasteiger partial charge in [-0.05, 0) is 38.9 Å². The highest BCUT2D eigenvalue weighted by atomic mass is 15.1. The minimum Gasteiger partial charge on any atom is -0.306 e. The van der Waals surface area contributed by atoms with Crippen molar-refractivity contribution >= 4 is 0 Å². The van der Waals surface area contributed by atoms with E-state index < -0.39 is 0 Å². The molecule has 0 aliphatic rings. The SMILES string of the molecule is C#CCCCN(C)CCC(C)C. The van der Waals surface area contributed by atoms with Crippen LogP contribution < -0.4 is 0 Å². The Morgan fingerprint density at radius 3 is 2.50 bits per heavy atom. The first-order valence-corrected chi connectivity index (χ1v) is 4.78. The topological polar surface area (TPSA) is 3.24 Å². The Morgan fingerprint density at radius 2 is 2.00 bits per heavy atom. The van der Waals surface area contributed by atoms with Gasteiger partial charge in [0.2, 0.25) is 0 Å². The van der Waals surface area contributed by atoms with E-state index >= 15 is 0 Å². The Balaban J connectivity index is 3.22. The number of terminal acetylenes is 1. The second kappa shape index (κ2) is 7.18. The molecule has 0 spiro atoms. The molecule has 0 aliphatic carbocycles. The van der Waals surface area contributed by atoms with Gasteiger partial charge >= 0.3 is 0 Å². The average molecular weight is 167 g/mol. The molecular formula is C11H21N. The molecule has 1 heteroatoms. The Hall–Kier alpha value is -0.480. The van der Waals surface area contributed by atoms with Gasteiger partial charge in [-0.3, -0.25) is 0 Å². The molecule has 0 radical (unpaired) electrons. The lowest BCUT2D eigenvalue weighted by Gasteiger charge is -2.16. The number of rotatable bonds is 6. The molecule has 0 aromatic rings. The van der Waals surface area contributed by atoms with Crippen molar-refractivity contribution < 1.29 is 0 Å². The van der Waals surface area contributed by atoms with Gasteiger partial charge < -0.3 is 4.90 Å². The van der Waals surface area contributed by atoms with Crippen molar-refractivity contribution in [2.45, 2.75) is 33.1 Å². The van der Waals surface area contributed by atoms with Crippen LogP contribution in [0.25, 0.3) is 0 Å². The minimum atomic E-state index is 0.806. The van der Waals surface area contributed by atoms with Crippen molar-refractivity contribution in [1.82, 2.24) is 4.90 Å². The largest absolute Gasteiger partial charge is 0.306 e. The molecule has 0 atom stereocenters. The molecule has 0 rings (SSSR count). The normalized spacial score (nSPS) is 10.7. The standard InChI is InChI=1S/C11H21N/c1-5-6-7-9-12(4)10-8-11(2)3/h1,11H,6-10H2,2-4H3. The fraction of sp³-hybridized carbons (Fsp3) is 0.818. The van der Waals surface area contributed by atoms with Gasteiger partial charge in [0, 0.05) is 6.42 Å². The van der Waals surface area contributed by atoms with Gasteiger partial charge in [0.25, 0.3) is 0 Å². The van der Waals surface area contributed by atoms with E-state index in [4.69, 9.17) is 6.42 Å². The molecule has 0 aliphatic heterocycles. The van der Waals surface area contributed by atoms with Gasteiger partial charge in [0.15, 0.2) is 0 Å². The number of unbranched alkanes of at least 4 members (excludes halogenated alkanes) is 1. The van der Waals surface area contributed by atoms with E-state index in [-0.39, 0.29) is 0 Å². The molecule has 12 heavy (non-hydrogen) atoms. The highest BCUT2D eigenvalue weighted by molar-refractivity contribution is 4.83. The Bertz CT molecular complexity index is 132. The molecule has 0 unspecified atom stereocenters. The van der Waals surface area contributed by atoms with Gasteiger partial charge in [0.05, 0.1) is 0 Å². The van der Waals surface area contributed by atoms with Crippen molar-refractivity contribution in [1.29, 1.82) is 0 Å². The van der Waals surface area contributed by atoms with Crippen LogP contribution in [0.4, 0.5) is 0 Å². The van der Waals surface area contributed by atoms with Gasteiger partial charge in [-0.25, -0.2) is 0 Å². The molecule has 0 saturated heterocycles. The van der Waals surface area contributed by atoms with Crippen molar-refractivity contribution in [2.75, 3.05) is 20.1 Å². The first-order valence-electron chi connectivity index (χ1n) is 4.78. The molecule has 0 saturated carbocycles. The summed E-state index contributed by atoms with van der Waals surface area (Å²) in [4.78, 5) is 2.36. The number of hydrogen-bond acceptors (Lipinski definition) is 1. The quantitative estimate of drug-likeness (QED) is 0.433. The van der Waals surface area contributed by atoms with E-state index in [1.807, 2.05) is 0 Å². The summed E-state index contributed by atoms with van der Waals surface area (Å²) in [5.74, 6) is 3.47. The van der Waals surface area contributed by atoms with Crippen LogP contribution in [-0.2, 0) is 0 Å². The van der Waals surface area contributed by atoms with Crippen molar-refractivity contribution in [3.8, 4) is 12.3 Å². The van der Waals surface area contributed by atoms with E-state index in [0.29, 0.717) is 0 Å². The van der Waals surface area contributed by atoms with Gasteiger partial charge in [-0.15, -0.1) is 12.3 Å². The van der Waals surface area contributed by atoms with Crippen molar-refractivity contribution in [3.05, 3.63) is 0 Å². The Kier molecular flexibility index (Phi) is 6.90. The number of hydrogen-bond donors (Lipinski definition) is 0. The summed E-state index contributed by atoms with van der Waals surface area (Å²) in [5.41, 5.74) is 0. The summed E-state index contributed by atoms with van der Waals surface area (Å²) < 4.78 is 0. The zero-order valence-corrected chi connectivity index (χ0v) is 8.64. The fourth-order valence-electron chi connectivity index (χ4n) is 1.04. The lowest BCUT2D eigenvalue weighted by Crippen LogP contribution is -2.21. The highest BCUT2D eigenvalue weighted by Gasteiger charge is 1.99. The van der Waals surface area contributed by atoms with E-state index in [9.17, 15) is 0 Å². The van der Waals surface area contributed by atoms with Gasteiger partial charge in [-0.1, -0.05) is 13.8 Å². The predicted octanol–water partition coefficient (Wildman–Crippen LogP) is 2.38. The monoisotopic (exact) mass is 167 g/mol. The molecule has 0 aromatic heterocycles. The first kappa shape index (κ1) is 11.5. The summed E-state index contributed by atoms with van der Waals surface area (Å²) in [7, 11) is 2.17. The summed E-state index contributed by atoms with van der Waals surface area (Å²) >= 11 is 0. The maximum absolute atomic E-state index is 5.17. The molecule has 0 amide bonds. The fourth-order valence-corrected chi connectivity index (χ4v) is 1.04. The molecule has 0 fully saturated rings. The minimum absolute atomic E-state index is 0.806. The van der Waals surface area contributed by atoms with Crippen LogP contribution in [0.5, 0.6) is 0 Å². The second-order valence-electron chi connectivity index (χ2n) is 3.79. The summed E-state index contributed by atoms with van der Waals surface area (Å²) in [5, 5.41) is 0. The van der Waals surface area contributed by atoms with Crippen LogP contribution in [-0.4, -0.2) is 25.0 Å². The highest BCUT2D eigenvalue weighted by Crippen LogP contribution is 2.01. The molecule has 0 N–H and O–H groups in total. The first-order chi connectivity index (χ1) is 5.66. The lowest BCUT2D eigenvalue weighted by atomic mass is 10.1. The lowest BCUT2D eigenvalue weighted by molar-refractivity contribution is 0.308. The zero-order valence-electron chi connectivity index (χ0n) is 8.64. The maximum atomic E-state index is 5.17. The van der Waals surface area contributed by atoms with Crippen molar-refractivity contribution in [2.24, 2.45) is 5.92 Å². The summed E-state index contributed by atoms with van der Waals surface area (Å²) in [6.07, 6.45) is 8.49. The molecule has 70 valence electrons. The predicted molar refractivity (Wildman–Crippen MR) is 55.0 cm³/mol. The van der Waals surface area contributed by atoms with Gasteiger partial charge in [-0.2, -0.15) is 0 Å². The van der Waals surface area contributed by atoms with Crippen molar-refractivity contribution in [3.63, 3.8) is 0 Å². The van der Waals surface area contributed by atoms with E-state index in [1.54, 1.807) is 0 Å². The molecule has 0 aromatic carbocycles. The van der Waals surface area contributed by atoms with E-state index in [0.717, 1.165) is 25.3 Å². The van der Waals surface area contributed by atoms with Gasteiger partial charge in [0.1, 0.15) is 0 Å². The third kappa shape index (κ3) is 7.63. The van der Waals surface area contributed by atoms with E-state index in [1.165, 1.54) is 13.0 Å². The molecule has 0 heterocycles. The van der Waals surface area contributed by atoms with E-state index in [2.05, 4.69) is 31.7 Å². The molecular weight excluding hydrogens is 146 g/mol. The Labute approximate surface area is 77.1 Å². The van der Waals surface area contributed by atoms with Crippen LogP contribution in [0.15, 0.2) is 0 Å². The second-order valence-corrected chi connectivity index (χ2v) is 3.79. The van der Waals surface area contributed by atoms with Crippen LogP contribution in [0, 0.1) is 18.3 Å². The Morgan fingerprint density at radius 1 is 1.33 bits per heavy atom. The van der Waals surface area contributed by atoms with Crippen LogP contribution in [0.2, 0.25) is 0 Å². The summed E-state index contributed by atoms with van der Waals surface area (Å²) in [6.45, 7) is 6.85. The third-order valence-corrected chi connectivity index (χ3v) is 1.95. The maximum Gasteiger partial charge on any atom is 0.00982 e. The smallest absolute Gasteiger partial charge is 0.00982 e.